The summed E-state index contributed by atoms with van der Waals surface area (Å²) in [5, 5.41) is 59.7. The summed E-state index contributed by atoms with van der Waals surface area (Å²) < 4.78 is 0. The number of hydrogen-bond donors (Lipinski definition) is 15. The number of aliphatic carboxylic acids is 2. The first-order valence-corrected chi connectivity index (χ1v) is 24.3. The average Bonchev–Trinajstić information content (AvgIpc) is 3.71. The summed E-state index contributed by atoms with van der Waals surface area (Å²) in [6, 6.07) is -6.70. The zero-order chi connectivity index (χ0) is 56.1. The van der Waals surface area contributed by atoms with Crippen LogP contribution < -0.4 is 54.0 Å². The number of nitrogens with one attached hydrogen (secondary N) is 9. The summed E-state index contributed by atoms with van der Waals surface area (Å²) in [7, 11) is 0. The van der Waals surface area contributed by atoms with Crippen molar-refractivity contribution in [2.75, 3.05) is 13.2 Å². The zero-order valence-electron chi connectivity index (χ0n) is 43.0. The smallest absolute Gasteiger partial charge is 0.326 e. The van der Waals surface area contributed by atoms with Crippen molar-refractivity contribution < 1.29 is 73.2 Å². The second kappa shape index (κ2) is 30.1. The molecule has 412 valence electrons. The number of carboxylic acid groups (broad SMARTS) is 2. The van der Waals surface area contributed by atoms with Gasteiger partial charge in [-0.05, 0) is 54.6 Å². The van der Waals surface area contributed by atoms with Gasteiger partial charge in [-0.15, -0.1) is 0 Å². The molecule has 0 aliphatic carbocycles. The normalized spacial score (nSPS) is 15.1. The third kappa shape index (κ3) is 20.7. The van der Waals surface area contributed by atoms with Crippen LogP contribution in [0.25, 0.3) is 10.9 Å². The fourth-order valence-electron chi connectivity index (χ4n) is 7.60. The number of primary amides is 1. The SMILES string of the molecule is CC(C)C[C@H](NC(=O)[C@H](Cc1c[nH]c2ccccc12)NC(=O)[C@H](CO)NC(=O)[C@H](CC(C)C)NC(=O)[C@@H](N)CC(N)=O)C(=O)N[C@@H](CO)C(=O)N[C@@H](CC(C)C)C(=O)N[C@@H](CC(=O)O)C(=O)N[C@H](C(=O)O)C(C)C. The first kappa shape index (κ1) is 62.9. The summed E-state index contributed by atoms with van der Waals surface area (Å²) >= 11 is 0. The van der Waals surface area contributed by atoms with E-state index in [0.29, 0.717) is 16.5 Å². The molecule has 1 aromatic heterocycles. The highest BCUT2D eigenvalue weighted by Crippen LogP contribution is 2.20. The minimum atomic E-state index is -1.78. The van der Waals surface area contributed by atoms with Gasteiger partial charge in [0.15, 0.2) is 0 Å². The summed E-state index contributed by atoms with van der Waals surface area (Å²) in [6.07, 6.45) is -0.175. The van der Waals surface area contributed by atoms with E-state index in [2.05, 4.69) is 47.5 Å². The Morgan fingerprint density at radius 2 is 0.892 bits per heavy atom. The van der Waals surface area contributed by atoms with Gasteiger partial charge in [0.2, 0.25) is 53.2 Å². The second-order valence-electron chi connectivity index (χ2n) is 19.7. The van der Waals surface area contributed by atoms with Crippen molar-refractivity contribution in [3.05, 3.63) is 36.0 Å². The van der Waals surface area contributed by atoms with E-state index in [1.54, 1.807) is 72.0 Å². The van der Waals surface area contributed by atoms with Crippen molar-refractivity contribution in [1.82, 2.24) is 47.5 Å². The van der Waals surface area contributed by atoms with Crippen molar-refractivity contribution in [3.63, 3.8) is 0 Å². The summed E-state index contributed by atoms with van der Waals surface area (Å²) in [4.78, 5) is 147. The van der Waals surface area contributed by atoms with Gasteiger partial charge in [0.1, 0.15) is 48.3 Å². The maximum Gasteiger partial charge on any atom is 0.326 e. The number of carboxylic acids is 2. The first-order chi connectivity index (χ1) is 34.6. The van der Waals surface area contributed by atoms with Crippen LogP contribution in [0.5, 0.6) is 0 Å². The van der Waals surface area contributed by atoms with Gasteiger partial charge >= 0.3 is 11.9 Å². The van der Waals surface area contributed by atoms with Gasteiger partial charge in [-0.1, -0.05) is 73.6 Å². The lowest BCUT2D eigenvalue weighted by Gasteiger charge is -2.28. The molecule has 0 bridgehead atoms. The summed E-state index contributed by atoms with van der Waals surface area (Å²) in [5.74, 6) is -13.1. The van der Waals surface area contributed by atoms with E-state index in [-0.39, 0.29) is 43.4 Å². The fraction of sp³-hybridized carbons (Fsp3) is 0.604. The molecule has 0 fully saturated rings. The van der Waals surface area contributed by atoms with Crippen molar-refractivity contribution in [1.29, 1.82) is 0 Å². The Kier molecular flexibility index (Phi) is 25.6. The molecule has 1 heterocycles. The summed E-state index contributed by atoms with van der Waals surface area (Å²) in [6.45, 7) is 11.3. The zero-order valence-corrected chi connectivity index (χ0v) is 43.0. The van der Waals surface area contributed by atoms with E-state index < -0.39 is 151 Å². The van der Waals surface area contributed by atoms with Crippen LogP contribution in [0.4, 0.5) is 0 Å². The third-order valence-electron chi connectivity index (χ3n) is 11.4. The molecule has 0 aliphatic heterocycles. The molecular weight excluding hydrogens is 971 g/mol. The number of carbonyl (C=O) groups excluding carboxylic acids is 9. The van der Waals surface area contributed by atoms with Crippen molar-refractivity contribution in [2.45, 2.75) is 148 Å². The number of benzene rings is 1. The standard InChI is InChI=1S/C48H75N11O15/c1-22(2)13-30(52-40(65)28(49)17-37(50)62)42(67)57-36(21-61)47(72)55-33(16-26-19-51-29-12-10-9-11-27(26)29)44(69)53-32(15-24(5)6)43(68)58-35(20-60)46(71)54-31(14-23(3)4)41(66)56-34(18-38(63)64)45(70)59-39(25(7)8)48(73)74/h9-12,19,22-25,28,30-36,39,51,60-61H,13-18,20-21,49H2,1-8H3,(H2,50,62)(H,52,65)(H,53,69)(H,54,71)(H,55,72)(H,56,66)(H,57,67)(H,58,68)(H,59,70)(H,63,64)(H,73,74)/t28-,30-,31-,32-,33-,34-,35-,36-,39-/m0/s1. The molecule has 2 rings (SSSR count). The van der Waals surface area contributed by atoms with Crippen LogP contribution >= 0.6 is 0 Å². The quantitative estimate of drug-likeness (QED) is 0.0350. The average molecular weight is 1050 g/mol. The molecule has 0 saturated heterocycles. The van der Waals surface area contributed by atoms with Gasteiger partial charge in [0.05, 0.1) is 32.1 Å². The monoisotopic (exact) mass is 1050 g/mol. The predicted octanol–water partition coefficient (Wildman–Crippen LogP) is -2.87. The lowest BCUT2D eigenvalue weighted by molar-refractivity contribution is -0.144. The highest BCUT2D eigenvalue weighted by atomic mass is 16.4. The van der Waals surface area contributed by atoms with Gasteiger partial charge in [-0.25, -0.2) is 4.79 Å². The molecule has 74 heavy (non-hydrogen) atoms. The number of amides is 9. The highest BCUT2D eigenvalue weighted by molar-refractivity contribution is 5.99. The van der Waals surface area contributed by atoms with Crippen LogP contribution in [-0.4, -0.2) is 158 Å². The Hall–Kier alpha value is -7.19. The van der Waals surface area contributed by atoms with E-state index in [9.17, 15) is 73.2 Å². The van der Waals surface area contributed by atoms with E-state index in [4.69, 9.17) is 11.5 Å². The molecule has 26 heteroatoms. The third-order valence-corrected chi connectivity index (χ3v) is 11.4. The molecular formula is C48H75N11O15. The fourth-order valence-corrected chi connectivity index (χ4v) is 7.60. The molecule has 0 aliphatic rings. The maximum atomic E-state index is 14.4. The Bertz CT molecular complexity index is 2300. The number of rotatable bonds is 32. The van der Waals surface area contributed by atoms with Gasteiger partial charge in [0, 0.05) is 23.5 Å². The maximum absolute atomic E-state index is 14.4. The van der Waals surface area contributed by atoms with Gasteiger partial charge in [-0.2, -0.15) is 0 Å². The molecule has 0 saturated carbocycles. The summed E-state index contributed by atoms with van der Waals surface area (Å²) in [5.41, 5.74) is 12.2. The first-order valence-electron chi connectivity index (χ1n) is 24.3. The number of nitrogens with two attached hydrogens (primary N) is 2. The predicted molar refractivity (Wildman–Crippen MR) is 266 cm³/mol. The molecule has 1 aromatic carbocycles. The van der Waals surface area contributed by atoms with Crippen LogP contribution in [0.15, 0.2) is 30.5 Å². The Labute approximate surface area is 428 Å². The number of fused-ring (bicyclic) bond motifs is 1. The van der Waals surface area contributed by atoms with Gasteiger partial charge in [-0.3, -0.25) is 47.9 Å². The second-order valence-corrected chi connectivity index (χ2v) is 19.7. The molecule has 9 atom stereocenters. The number of aromatic nitrogens is 1. The van der Waals surface area contributed by atoms with Gasteiger partial charge in [0.25, 0.3) is 0 Å². The Morgan fingerprint density at radius 3 is 1.30 bits per heavy atom. The van der Waals surface area contributed by atoms with E-state index in [1.807, 2.05) is 0 Å². The van der Waals surface area contributed by atoms with Crippen molar-refractivity contribution >= 4 is 76.0 Å². The van der Waals surface area contributed by atoms with Crippen LogP contribution in [0.1, 0.15) is 93.1 Å². The number of aliphatic hydroxyl groups is 2. The van der Waals surface area contributed by atoms with Crippen molar-refractivity contribution in [2.24, 2.45) is 35.1 Å². The minimum absolute atomic E-state index is 0.0455. The number of H-pyrrole nitrogens is 1. The number of carbonyl (C=O) groups is 11. The Morgan fingerprint density at radius 1 is 0.514 bits per heavy atom. The van der Waals surface area contributed by atoms with E-state index in [0.717, 1.165) is 0 Å². The molecule has 0 spiro atoms. The molecule has 9 amide bonds. The molecule has 0 unspecified atom stereocenters. The lowest BCUT2D eigenvalue weighted by Crippen LogP contribution is -2.61. The van der Waals surface area contributed by atoms with Crippen LogP contribution in [0.2, 0.25) is 0 Å². The van der Waals surface area contributed by atoms with Crippen molar-refractivity contribution in [3.8, 4) is 0 Å². The van der Waals surface area contributed by atoms with Crippen LogP contribution in [0, 0.1) is 23.7 Å². The topological polar surface area (TPSA) is 433 Å². The molecule has 2 aromatic rings. The molecule has 26 nitrogen and oxygen atoms in total. The number of hydrogen-bond acceptors (Lipinski definition) is 14. The van der Waals surface area contributed by atoms with Crippen LogP contribution in [-0.2, 0) is 59.2 Å². The molecule has 0 radical (unpaired) electrons. The number of para-hydroxylation sites is 1. The van der Waals surface area contributed by atoms with E-state index in [1.165, 1.54) is 13.8 Å². The Balaban J connectivity index is 2.43. The minimum Gasteiger partial charge on any atom is -0.481 e. The van der Waals surface area contributed by atoms with Gasteiger partial charge < -0.3 is 79.4 Å². The number of aromatic amines is 1. The number of aliphatic hydroxyl groups excluding tert-OH is 2. The largest absolute Gasteiger partial charge is 0.481 e. The molecule has 17 N–H and O–H groups in total. The van der Waals surface area contributed by atoms with Crippen LogP contribution in [0.3, 0.4) is 0 Å². The lowest BCUT2D eigenvalue weighted by atomic mass is 10.00. The van der Waals surface area contributed by atoms with E-state index >= 15 is 0 Å². The highest BCUT2D eigenvalue weighted by Gasteiger charge is 2.36.